The fourth-order valence-electron chi connectivity index (χ4n) is 2.90. The Morgan fingerprint density at radius 2 is 2.59 bits per heavy atom. The molecule has 0 aliphatic heterocycles. The van der Waals surface area contributed by atoms with Crippen molar-refractivity contribution < 1.29 is 0 Å². The van der Waals surface area contributed by atoms with Crippen molar-refractivity contribution >= 4 is 16.3 Å². The van der Waals surface area contributed by atoms with Gasteiger partial charge in [0.15, 0.2) is 4.96 Å². The van der Waals surface area contributed by atoms with Gasteiger partial charge in [0.05, 0.1) is 17.2 Å². The fraction of sp³-hybridized carbons (Fsp3) is 0.538. The van der Waals surface area contributed by atoms with Gasteiger partial charge in [0.25, 0.3) is 0 Å². The first-order valence-corrected chi connectivity index (χ1v) is 6.91. The van der Waals surface area contributed by atoms with Crippen LogP contribution in [0.1, 0.15) is 31.9 Å². The van der Waals surface area contributed by atoms with Crippen LogP contribution in [0.25, 0.3) is 4.96 Å². The quantitative estimate of drug-likeness (QED) is 0.814. The van der Waals surface area contributed by atoms with Gasteiger partial charge in [0.1, 0.15) is 0 Å². The molecule has 3 rings (SSSR count). The average Bonchev–Trinajstić information content (AvgIpc) is 2.94. The average molecular weight is 245 g/mol. The van der Waals surface area contributed by atoms with E-state index in [2.05, 4.69) is 24.2 Å². The molecule has 0 bridgehead atoms. The third-order valence-corrected chi connectivity index (χ3v) is 4.53. The first kappa shape index (κ1) is 10.8. The number of nitrogens with zero attached hydrogens (tertiary/aromatic N) is 3. The van der Waals surface area contributed by atoms with E-state index < -0.39 is 0 Å². The summed E-state index contributed by atoms with van der Waals surface area (Å²) >= 11 is 1.64. The molecule has 0 saturated heterocycles. The molecule has 1 aliphatic rings. The molecule has 17 heavy (non-hydrogen) atoms. The number of rotatable bonds is 2. The zero-order valence-electron chi connectivity index (χ0n) is 9.89. The lowest BCUT2D eigenvalue weighted by Crippen LogP contribution is -2.18. The molecule has 2 atom stereocenters. The van der Waals surface area contributed by atoms with Crippen molar-refractivity contribution in [2.45, 2.75) is 32.6 Å². The van der Waals surface area contributed by atoms with Crippen molar-refractivity contribution in [1.29, 1.82) is 5.26 Å². The predicted molar refractivity (Wildman–Crippen MR) is 67.8 cm³/mol. The largest absolute Gasteiger partial charge is 0.297 e. The Morgan fingerprint density at radius 1 is 1.71 bits per heavy atom. The van der Waals surface area contributed by atoms with Crippen LogP contribution in [0, 0.1) is 22.7 Å². The smallest absolute Gasteiger partial charge is 0.193 e. The van der Waals surface area contributed by atoms with Crippen LogP contribution in [-0.4, -0.2) is 9.38 Å². The molecule has 0 radical (unpaired) electrons. The van der Waals surface area contributed by atoms with Gasteiger partial charge < -0.3 is 0 Å². The monoisotopic (exact) mass is 245 g/mol. The maximum Gasteiger partial charge on any atom is 0.193 e. The van der Waals surface area contributed by atoms with E-state index in [4.69, 9.17) is 0 Å². The Labute approximate surface area is 105 Å². The van der Waals surface area contributed by atoms with Crippen LogP contribution in [-0.2, 0) is 6.42 Å². The van der Waals surface area contributed by atoms with Crippen molar-refractivity contribution in [3.63, 3.8) is 0 Å². The number of aromatic nitrogens is 2. The van der Waals surface area contributed by atoms with Crippen LogP contribution in [0.3, 0.4) is 0 Å². The molecule has 2 aromatic rings. The lowest BCUT2D eigenvalue weighted by atomic mass is 9.82. The van der Waals surface area contributed by atoms with Gasteiger partial charge in [-0.05, 0) is 25.2 Å². The summed E-state index contributed by atoms with van der Waals surface area (Å²) in [4.78, 5) is 5.61. The van der Waals surface area contributed by atoms with Crippen molar-refractivity contribution in [2.75, 3.05) is 0 Å². The molecule has 0 amide bonds. The van der Waals surface area contributed by atoms with Gasteiger partial charge in [-0.15, -0.1) is 11.3 Å². The molecule has 0 N–H and O–H groups in total. The summed E-state index contributed by atoms with van der Waals surface area (Å²) in [6.45, 7) is 2.24. The standard InChI is InChI=1S/C13H15N3S/c1-10-2-3-13(6-10,9-14)7-11-8-16-4-5-17-12(16)15-11/h4-5,8,10H,2-3,6-7H2,1H3. The SMILES string of the molecule is CC1CCC(C#N)(Cc2cn3ccsc3n2)C1. The van der Waals surface area contributed by atoms with Gasteiger partial charge >= 0.3 is 0 Å². The summed E-state index contributed by atoms with van der Waals surface area (Å²) in [5, 5.41) is 11.5. The van der Waals surface area contributed by atoms with Gasteiger partial charge in [-0.3, -0.25) is 4.40 Å². The Bertz CT molecular complexity index is 548. The number of fused-ring (bicyclic) bond motifs is 1. The van der Waals surface area contributed by atoms with Crippen LogP contribution in [0.2, 0.25) is 0 Å². The maximum absolute atomic E-state index is 9.44. The molecule has 4 heteroatoms. The minimum absolute atomic E-state index is 0.163. The van der Waals surface area contributed by atoms with E-state index in [1.165, 1.54) is 6.42 Å². The van der Waals surface area contributed by atoms with Crippen molar-refractivity contribution in [3.8, 4) is 6.07 Å². The lowest BCUT2D eigenvalue weighted by Gasteiger charge is -2.18. The van der Waals surface area contributed by atoms with Gasteiger partial charge in [0.2, 0.25) is 0 Å². The van der Waals surface area contributed by atoms with E-state index in [0.29, 0.717) is 5.92 Å². The van der Waals surface area contributed by atoms with Gasteiger partial charge in [-0.25, -0.2) is 4.98 Å². The summed E-state index contributed by atoms with van der Waals surface area (Å²) in [6.07, 6.45) is 8.11. The van der Waals surface area contributed by atoms with Crippen LogP contribution in [0.4, 0.5) is 0 Å². The number of imidazole rings is 1. The highest BCUT2D eigenvalue weighted by Gasteiger charge is 2.38. The normalized spacial score (nSPS) is 28.6. The Hall–Kier alpha value is -1.34. The summed E-state index contributed by atoms with van der Waals surface area (Å²) in [5.41, 5.74) is 0.899. The Kier molecular flexibility index (Phi) is 2.44. The molecular formula is C13H15N3S. The van der Waals surface area contributed by atoms with E-state index in [1.807, 2.05) is 16.0 Å². The van der Waals surface area contributed by atoms with Crippen LogP contribution >= 0.6 is 11.3 Å². The maximum atomic E-state index is 9.44. The third kappa shape index (κ3) is 1.85. The minimum Gasteiger partial charge on any atom is -0.297 e. The second kappa shape index (κ2) is 3.85. The van der Waals surface area contributed by atoms with E-state index in [0.717, 1.165) is 29.9 Å². The second-order valence-electron chi connectivity index (χ2n) is 5.24. The van der Waals surface area contributed by atoms with Gasteiger partial charge in [-0.1, -0.05) is 6.92 Å². The van der Waals surface area contributed by atoms with Crippen LogP contribution in [0.15, 0.2) is 17.8 Å². The zero-order valence-corrected chi connectivity index (χ0v) is 10.7. The highest BCUT2D eigenvalue weighted by atomic mass is 32.1. The van der Waals surface area contributed by atoms with E-state index in [-0.39, 0.29) is 5.41 Å². The highest BCUT2D eigenvalue weighted by Crippen LogP contribution is 2.43. The molecule has 0 spiro atoms. The van der Waals surface area contributed by atoms with Gasteiger partial charge in [-0.2, -0.15) is 5.26 Å². The van der Waals surface area contributed by atoms with E-state index >= 15 is 0 Å². The summed E-state index contributed by atoms with van der Waals surface area (Å²) in [5.74, 6) is 0.679. The zero-order chi connectivity index (χ0) is 11.9. The molecule has 2 unspecified atom stereocenters. The van der Waals surface area contributed by atoms with E-state index in [1.54, 1.807) is 11.3 Å². The number of nitriles is 1. The molecule has 3 nitrogen and oxygen atoms in total. The van der Waals surface area contributed by atoms with Crippen LogP contribution in [0.5, 0.6) is 0 Å². The highest BCUT2D eigenvalue weighted by molar-refractivity contribution is 7.15. The topological polar surface area (TPSA) is 41.1 Å². The molecule has 1 fully saturated rings. The second-order valence-corrected chi connectivity index (χ2v) is 6.11. The van der Waals surface area contributed by atoms with Crippen molar-refractivity contribution in [3.05, 3.63) is 23.5 Å². The molecule has 88 valence electrons. The predicted octanol–water partition coefficient (Wildman–Crippen LogP) is 3.27. The summed E-state index contributed by atoms with van der Waals surface area (Å²) in [6, 6.07) is 2.55. The third-order valence-electron chi connectivity index (χ3n) is 3.75. The fourth-order valence-corrected chi connectivity index (χ4v) is 3.62. The van der Waals surface area contributed by atoms with Crippen molar-refractivity contribution in [2.24, 2.45) is 11.3 Å². The first-order valence-electron chi connectivity index (χ1n) is 6.03. The number of hydrogen-bond donors (Lipinski definition) is 0. The van der Waals surface area contributed by atoms with Crippen molar-refractivity contribution in [1.82, 2.24) is 9.38 Å². The number of thiazole rings is 1. The summed E-state index contributed by atoms with van der Waals surface area (Å²) < 4.78 is 2.05. The first-order chi connectivity index (χ1) is 8.21. The van der Waals surface area contributed by atoms with Crippen LogP contribution < -0.4 is 0 Å². The number of hydrogen-bond acceptors (Lipinski definition) is 3. The minimum atomic E-state index is -0.163. The molecular weight excluding hydrogens is 230 g/mol. The molecule has 0 aromatic carbocycles. The Morgan fingerprint density at radius 3 is 3.24 bits per heavy atom. The summed E-state index contributed by atoms with van der Waals surface area (Å²) in [7, 11) is 0. The lowest BCUT2D eigenvalue weighted by molar-refractivity contribution is 0.388. The molecule has 2 aromatic heterocycles. The molecule has 1 aliphatic carbocycles. The Balaban J connectivity index is 1.87. The molecule has 2 heterocycles. The molecule has 1 saturated carbocycles. The van der Waals surface area contributed by atoms with E-state index in [9.17, 15) is 5.26 Å². The van der Waals surface area contributed by atoms with Gasteiger partial charge in [0, 0.05) is 24.2 Å².